The topological polar surface area (TPSA) is 0 Å². The molecule has 0 saturated heterocycles. The number of hydrogen-bond acceptors (Lipinski definition) is 0. The molecule has 0 aliphatic rings. The fourth-order valence-electron chi connectivity index (χ4n) is 5.36. The molecule has 0 heterocycles. The van der Waals surface area contributed by atoms with E-state index in [1.807, 2.05) is 0 Å². The molecule has 0 rings (SSSR count). The lowest BCUT2D eigenvalue weighted by atomic mass is 9.77. The van der Waals surface area contributed by atoms with Crippen LogP contribution in [0.1, 0.15) is 182 Å². The molecule has 0 fully saturated rings. The maximum Gasteiger partial charge on any atom is -0.0122 e. The molecule has 196 valence electrons. The smallest absolute Gasteiger partial charge is 0.0122 e. The van der Waals surface area contributed by atoms with Crippen LogP contribution >= 0.6 is 26.2 Å². The lowest BCUT2D eigenvalue weighted by Gasteiger charge is -2.39. The zero-order chi connectivity index (χ0) is 23.0. The van der Waals surface area contributed by atoms with Crippen LogP contribution in [0.4, 0.5) is 0 Å². The Hall–Kier alpha value is 0.910. The van der Waals surface area contributed by atoms with Gasteiger partial charge in [0.2, 0.25) is 0 Å². The minimum Gasteiger partial charge on any atom is -0.131 e. The van der Waals surface area contributed by atoms with Crippen LogP contribution in [0, 0.1) is 5.92 Å². The van der Waals surface area contributed by atoms with Crippen LogP contribution in [0.3, 0.4) is 0 Å². The van der Waals surface area contributed by atoms with Crippen LogP contribution in [0.2, 0.25) is 0 Å². The van der Waals surface area contributed by atoms with E-state index in [4.69, 9.17) is 0 Å². The molecule has 2 atom stereocenters. The molecule has 2 heteroatoms. The third kappa shape index (κ3) is 20.3. The highest BCUT2D eigenvalue weighted by Gasteiger charge is 2.32. The lowest BCUT2D eigenvalue weighted by Crippen LogP contribution is -2.32. The molecule has 0 aromatic carbocycles. The maximum atomic E-state index is 3.48. The predicted molar refractivity (Wildman–Crippen MR) is 160 cm³/mol. The van der Waals surface area contributed by atoms with Gasteiger partial charge in [0.25, 0.3) is 0 Å². The fraction of sp³-hybridized carbons (Fsp3) is 1.00. The van der Waals surface area contributed by atoms with E-state index in [9.17, 15) is 0 Å². The van der Waals surface area contributed by atoms with E-state index < -0.39 is 0 Å². The van der Waals surface area contributed by atoms with Crippen LogP contribution in [0.15, 0.2) is 0 Å². The maximum absolute atomic E-state index is 3.48. The van der Waals surface area contributed by atoms with Crippen molar-refractivity contribution in [3.05, 3.63) is 0 Å². The largest absolute Gasteiger partial charge is 0.131 e. The fourth-order valence-corrected chi connectivity index (χ4v) is 6.10. The predicted octanol–water partition coefficient (Wildman–Crippen LogP) is 12.2. The van der Waals surface area contributed by atoms with Crippen LogP contribution in [0.25, 0.3) is 0 Å². The summed E-state index contributed by atoms with van der Waals surface area (Å²) in [6.45, 7) is 9.36. The quantitative estimate of drug-likeness (QED) is 0.0805. The minimum atomic E-state index is 0. The molecule has 0 aliphatic heterocycles. The summed E-state index contributed by atoms with van der Waals surface area (Å²) in [5, 5.41) is 0.523. The van der Waals surface area contributed by atoms with Gasteiger partial charge in [-0.25, -0.2) is 0 Å². The van der Waals surface area contributed by atoms with E-state index in [1.54, 1.807) is 0 Å². The number of unbranched alkanes of at least 4 members (excludes halogenated alkanes) is 16. The molecule has 0 nitrogen and oxygen atoms in total. The van der Waals surface area contributed by atoms with E-state index in [1.165, 1.54) is 154 Å². The average Bonchev–Trinajstić information content (AvgIpc) is 2.77. The third-order valence-electron chi connectivity index (χ3n) is 7.62. The van der Waals surface area contributed by atoms with Crippen molar-refractivity contribution in [3.8, 4) is 0 Å². The van der Waals surface area contributed by atoms with Crippen molar-refractivity contribution in [1.82, 2.24) is 0 Å². The Morgan fingerprint density at radius 2 is 0.719 bits per heavy atom. The second kappa shape index (κ2) is 26.5. The molecule has 0 radical (unpaired) electrons. The van der Waals surface area contributed by atoms with Gasteiger partial charge in [0.15, 0.2) is 0 Å². The highest BCUT2D eigenvalue weighted by atomic mass is 79.9. The summed E-state index contributed by atoms with van der Waals surface area (Å²) in [5.74, 6) is 0.942. The summed E-state index contributed by atoms with van der Waals surface area (Å²) in [6.07, 6.45) is 34.6. The summed E-state index contributed by atoms with van der Waals surface area (Å²) in [6, 6.07) is 0. The lowest BCUT2D eigenvalue weighted by molar-refractivity contribution is 0.270. The molecule has 0 aliphatic carbocycles. The van der Waals surface area contributed by atoms with Crippen molar-refractivity contribution in [1.29, 1.82) is 0 Å². The summed E-state index contributed by atoms with van der Waals surface area (Å²) in [7, 11) is 3.48. The van der Waals surface area contributed by atoms with Gasteiger partial charge in [-0.3, -0.25) is 0 Å². The highest BCUT2D eigenvalue weighted by molar-refractivity contribution is 8.93. The Kier molecular flexibility index (Phi) is 29.1. The van der Waals surface area contributed by atoms with Crippen LogP contribution in [-0.4, -0.2) is 5.16 Å². The molecule has 0 saturated carbocycles. The Morgan fingerprint density at radius 1 is 0.438 bits per heavy atom. The molecular weight excluding hydrogens is 471 g/mol. The minimum absolute atomic E-state index is 0. The summed E-state index contributed by atoms with van der Waals surface area (Å²) in [5.41, 5.74) is 0. The van der Waals surface area contributed by atoms with Crippen LogP contribution in [0.5, 0.6) is 0 Å². The molecule has 0 bridgehead atoms. The van der Waals surface area contributed by atoms with Gasteiger partial charge in [-0.1, -0.05) is 156 Å². The molecule has 0 N–H and O–H groups in total. The molecule has 0 aromatic heterocycles. The van der Waals surface area contributed by atoms with E-state index in [0.717, 1.165) is 5.92 Å². The van der Waals surface area contributed by atoms with Crippen molar-refractivity contribution >= 4 is 26.2 Å². The Balaban J connectivity index is 0. The Morgan fingerprint density at radius 3 is 1.09 bits per heavy atom. The van der Waals surface area contributed by atoms with E-state index in [-0.39, 0.29) is 17.0 Å². The first kappa shape index (κ1) is 35.1. The molecule has 0 aromatic rings. The zero-order valence-corrected chi connectivity index (χ0v) is 25.9. The van der Waals surface area contributed by atoms with Gasteiger partial charge < -0.3 is 0 Å². The molecular formula is C30H64BrP. The SMILES string of the molecule is Br.CCCCCCCCCCC(CCCCCC)C(P)(CCCCCC)CCCCCC. The molecule has 0 amide bonds. The summed E-state index contributed by atoms with van der Waals surface area (Å²) >= 11 is 0. The van der Waals surface area contributed by atoms with E-state index >= 15 is 0 Å². The standard InChI is InChI=1S/C30H63P.BrH/c1-5-9-13-17-18-19-20-22-26-29(25-21-14-10-6-2)30(31,27-23-15-11-7-3)28-24-16-12-8-4;/h29H,5-28,31H2,1-4H3;1H. The first-order valence-corrected chi connectivity index (χ1v) is 15.5. The van der Waals surface area contributed by atoms with Gasteiger partial charge >= 0.3 is 0 Å². The van der Waals surface area contributed by atoms with Gasteiger partial charge in [0.1, 0.15) is 0 Å². The van der Waals surface area contributed by atoms with Crippen molar-refractivity contribution in [2.45, 2.75) is 187 Å². The van der Waals surface area contributed by atoms with E-state index in [0.29, 0.717) is 5.16 Å². The van der Waals surface area contributed by atoms with Gasteiger partial charge in [0.05, 0.1) is 0 Å². The monoisotopic (exact) mass is 534 g/mol. The van der Waals surface area contributed by atoms with E-state index in [2.05, 4.69) is 36.9 Å². The third-order valence-corrected chi connectivity index (χ3v) is 8.67. The molecule has 2 unspecified atom stereocenters. The Labute approximate surface area is 218 Å². The zero-order valence-electron chi connectivity index (χ0n) is 23.0. The normalized spacial score (nSPS) is 12.7. The van der Waals surface area contributed by atoms with Gasteiger partial charge in [-0.2, -0.15) is 0 Å². The average molecular weight is 536 g/mol. The first-order valence-electron chi connectivity index (χ1n) is 14.9. The van der Waals surface area contributed by atoms with Gasteiger partial charge in [-0.15, -0.1) is 26.2 Å². The molecule has 32 heavy (non-hydrogen) atoms. The van der Waals surface area contributed by atoms with Crippen LogP contribution in [-0.2, 0) is 0 Å². The van der Waals surface area contributed by atoms with Crippen molar-refractivity contribution < 1.29 is 0 Å². The van der Waals surface area contributed by atoms with Crippen LogP contribution < -0.4 is 0 Å². The highest BCUT2D eigenvalue weighted by Crippen LogP contribution is 2.44. The van der Waals surface area contributed by atoms with Crippen molar-refractivity contribution in [2.75, 3.05) is 0 Å². The molecule has 0 spiro atoms. The number of rotatable bonds is 25. The van der Waals surface area contributed by atoms with Crippen molar-refractivity contribution in [2.24, 2.45) is 5.92 Å². The second-order valence-electron chi connectivity index (χ2n) is 10.7. The summed E-state index contributed by atoms with van der Waals surface area (Å²) < 4.78 is 0. The van der Waals surface area contributed by atoms with Gasteiger partial charge in [-0.05, 0) is 36.8 Å². The second-order valence-corrected chi connectivity index (χ2v) is 11.8. The Bertz CT molecular complexity index is 332. The van der Waals surface area contributed by atoms with Crippen molar-refractivity contribution in [3.63, 3.8) is 0 Å². The summed E-state index contributed by atoms with van der Waals surface area (Å²) in [4.78, 5) is 0. The first-order chi connectivity index (χ1) is 15.1. The van der Waals surface area contributed by atoms with Gasteiger partial charge in [0, 0.05) is 0 Å². The number of halogens is 1. The number of hydrogen-bond donors (Lipinski definition) is 0.